The number of hydrogen-bond donors (Lipinski definition) is 1. The number of benzene rings is 3. The minimum absolute atomic E-state index is 0.0453. The van der Waals surface area contributed by atoms with Crippen molar-refractivity contribution in [3.05, 3.63) is 114 Å². The normalized spacial score (nSPS) is 12.6. The summed E-state index contributed by atoms with van der Waals surface area (Å²) >= 11 is 0. The van der Waals surface area contributed by atoms with Gasteiger partial charge in [-0.15, -0.1) is 0 Å². The zero-order valence-electron chi connectivity index (χ0n) is 21.2. The number of aromatic nitrogens is 3. The van der Waals surface area contributed by atoms with Crippen molar-refractivity contribution >= 4 is 43.8 Å². The van der Waals surface area contributed by atoms with Gasteiger partial charge in [-0.3, -0.25) is 4.79 Å². The first kappa shape index (κ1) is 24.6. The van der Waals surface area contributed by atoms with Crippen LogP contribution in [0.1, 0.15) is 34.6 Å². The number of anilines is 1. The van der Waals surface area contributed by atoms with Crippen LogP contribution >= 0.6 is 0 Å². The molecule has 1 amide bonds. The van der Waals surface area contributed by atoms with Gasteiger partial charge in [0, 0.05) is 0 Å². The lowest BCUT2D eigenvalue weighted by molar-refractivity contribution is 0.0995. The maximum absolute atomic E-state index is 14.3. The molecule has 0 spiro atoms. The van der Waals surface area contributed by atoms with E-state index < -0.39 is 21.8 Å². The minimum atomic E-state index is -4.16. The molecule has 1 atom stereocenters. The van der Waals surface area contributed by atoms with Crippen LogP contribution in [-0.2, 0) is 9.84 Å². The quantitative estimate of drug-likeness (QED) is 0.272. The second-order valence-corrected chi connectivity index (χ2v) is 11.2. The van der Waals surface area contributed by atoms with Gasteiger partial charge >= 0.3 is 0 Å². The van der Waals surface area contributed by atoms with Crippen LogP contribution in [0.4, 0.5) is 5.82 Å². The van der Waals surface area contributed by atoms with E-state index in [0.717, 1.165) is 11.1 Å². The average Bonchev–Trinajstić information content (AvgIpc) is 3.59. The topological polar surface area (TPSA) is 107 Å². The Balaban J connectivity index is 1.71. The highest BCUT2D eigenvalue weighted by Crippen LogP contribution is 2.40. The Hall–Kier alpha value is -4.76. The molecule has 0 aliphatic heterocycles. The summed E-state index contributed by atoms with van der Waals surface area (Å²) in [7, 11) is -4.16. The number of fused-ring (bicyclic) bond motifs is 2. The molecule has 3 aromatic heterocycles. The minimum Gasteiger partial charge on any atom is -0.459 e. The van der Waals surface area contributed by atoms with Crippen molar-refractivity contribution in [3.63, 3.8) is 0 Å². The molecule has 0 saturated heterocycles. The van der Waals surface area contributed by atoms with Crippen molar-refractivity contribution in [1.29, 1.82) is 0 Å². The fourth-order valence-corrected chi connectivity index (χ4v) is 6.21. The molecule has 0 aliphatic rings. The fraction of sp³-hybridized carbons (Fsp3) is 0.100. The molecule has 0 saturated carbocycles. The van der Waals surface area contributed by atoms with Gasteiger partial charge in [0.15, 0.2) is 11.4 Å². The molecule has 194 valence electrons. The summed E-state index contributed by atoms with van der Waals surface area (Å²) in [5.41, 5.74) is 3.48. The lowest BCUT2D eigenvalue weighted by Crippen LogP contribution is -2.19. The van der Waals surface area contributed by atoms with Gasteiger partial charge in [-0.2, -0.15) is 0 Å². The van der Waals surface area contributed by atoms with E-state index in [1.54, 1.807) is 41.0 Å². The van der Waals surface area contributed by atoms with Gasteiger partial charge < -0.3 is 14.3 Å². The van der Waals surface area contributed by atoms with Gasteiger partial charge in [0.25, 0.3) is 5.91 Å². The van der Waals surface area contributed by atoms with Crippen LogP contribution in [0.3, 0.4) is 0 Å². The molecule has 0 fully saturated rings. The van der Waals surface area contributed by atoms with E-state index in [4.69, 9.17) is 14.4 Å². The SMILES string of the molecule is Cc1ccc(S(=O)(=O)c2c(NC(=O)c3ccco3)n([C@H](C)c3ccccc3)c3nc4ccccc4nc23)cc1. The number of nitrogens with one attached hydrogen (secondary N) is 1. The number of hydrogen-bond acceptors (Lipinski definition) is 6. The van der Waals surface area contributed by atoms with Crippen LogP contribution in [0.5, 0.6) is 0 Å². The third-order valence-electron chi connectivity index (χ3n) is 6.70. The fourth-order valence-electron chi connectivity index (χ4n) is 4.68. The second kappa shape index (κ2) is 9.52. The number of carbonyl (C=O) groups is 1. The predicted molar refractivity (Wildman–Crippen MR) is 149 cm³/mol. The highest BCUT2D eigenvalue weighted by molar-refractivity contribution is 7.92. The Morgan fingerprint density at radius 3 is 2.21 bits per heavy atom. The molecule has 0 bridgehead atoms. The summed E-state index contributed by atoms with van der Waals surface area (Å²) in [4.78, 5) is 22.9. The number of nitrogens with zero attached hydrogens (tertiary/aromatic N) is 3. The van der Waals surface area contributed by atoms with Crippen molar-refractivity contribution < 1.29 is 17.6 Å². The molecule has 8 nitrogen and oxygen atoms in total. The van der Waals surface area contributed by atoms with Crippen LogP contribution in [0.2, 0.25) is 0 Å². The molecule has 39 heavy (non-hydrogen) atoms. The summed E-state index contributed by atoms with van der Waals surface area (Å²) in [6, 6.07) is 26.2. The molecule has 0 radical (unpaired) electrons. The molecule has 0 unspecified atom stereocenters. The third-order valence-corrected chi connectivity index (χ3v) is 8.51. The van der Waals surface area contributed by atoms with E-state index in [9.17, 15) is 13.2 Å². The van der Waals surface area contributed by atoms with Crippen molar-refractivity contribution in [3.8, 4) is 0 Å². The lowest BCUT2D eigenvalue weighted by atomic mass is 10.1. The molecule has 9 heteroatoms. The van der Waals surface area contributed by atoms with Gasteiger partial charge in [0.05, 0.1) is 28.2 Å². The zero-order chi connectivity index (χ0) is 27.1. The van der Waals surface area contributed by atoms with Gasteiger partial charge in [0.1, 0.15) is 16.2 Å². The zero-order valence-corrected chi connectivity index (χ0v) is 22.0. The number of carbonyl (C=O) groups excluding carboxylic acids is 1. The number of furan rings is 1. The van der Waals surface area contributed by atoms with Crippen LogP contribution in [-0.4, -0.2) is 28.9 Å². The first-order chi connectivity index (χ1) is 18.8. The summed E-state index contributed by atoms with van der Waals surface area (Å²) < 4.78 is 35.6. The summed E-state index contributed by atoms with van der Waals surface area (Å²) in [6.07, 6.45) is 1.39. The monoisotopic (exact) mass is 536 g/mol. The standard InChI is InChI=1S/C30H24N4O4S/c1-19-14-16-22(17-15-19)39(36,37)27-26-28(32-24-12-7-6-11-23(24)31-26)34(20(2)21-9-4-3-5-10-21)29(27)33-30(35)25-13-8-18-38-25/h3-18,20H,1-2H3,(H,33,35)/t20-/m1/s1. The van der Waals surface area contributed by atoms with Crippen LogP contribution < -0.4 is 5.32 Å². The molecule has 6 aromatic rings. The number of sulfone groups is 1. The Kier molecular flexibility index (Phi) is 6.00. The largest absolute Gasteiger partial charge is 0.459 e. The van der Waals surface area contributed by atoms with Crippen LogP contribution in [0.15, 0.2) is 111 Å². The average molecular weight is 537 g/mol. The van der Waals surface area contributed by atoms with Gasteiger partial charge in [-0.1, -0.05) is 60.2 Å². The maximum Gasteiger partial charge on any atom is 0.292 e. The molecule has 3 aromatic carbocycles. The molecule has 1 N–H and O–H groups in total. The van der Waals surface area contributed by atoms with E-state index in [1.807, 2.05) is 62.4 Å². The van der Waals surface area contributed by atoms with Crippen LogP contribution in [0.25, 0.3) is 22.2 Å². The highest BCUT2D eigenvalue weighted by atomic mass is 32.2. The van der Waals surface area contributed by atoms with Crippen LogP contribution in [0, 0.1) is 6.92 Å². The number of amides is 1. The molecular formula is C30H24N4O4S. The Labute approximate surface area is 224 Å². The smallest absolute Gasteiger partial charge is 0.292 e. The Morgan fingerprint density at radius 2 is 1.54 bits per heavy atom. The molecule has 6 rings (SSSR count). The van der Waals surface area contributed by atoms with Crippen molar-refractivity contribution in [2.45, 2.75) is 29.7 Å². The number of para-hydroxylation sites is 2. The Morgan fingerprint density at radius 1 is 0.872 bits per heavy atom. The van der Waals surface area contributed by atoms with E-state index in [1.165, 1.54) is 12.3 Å². The van der Waals surface area contributed by atoms with E-state index in [2.05, 4.69) is 5.32 Å². The van der Waals surface area contributed by atoms with Gasteiger partial charge in [-0.05, 0) is 55.8 Å². The molecular weight excluding hydrogens is 512 g/mol. The van der Waals surface area contributed by atoms with Crippen molar-refractivity contribution in [1.82, 2.24) is 14.5 Å². The second-order valence-electron chi connectivity index (χ2n) is 9.27. The van der Waals surface area contributed by atoms with E-state index >= 15 is 0 Å². The predicted octanol–water partition coefficient (Wildman–Crippen LogP) is 6.18. The number of aryl methyl sites for hydroxylation is 1. The van der Waals surface area contributed by atoms with Gasteiger partial charge in [-0.25, -0.2) is 18.4 Å². The molecule has 3 heterocycles. The van der Waals surface area contributed by atoms with E-state index in [-0.39, 0.29) is 26.9 Å². The first-order valence-corrected chi connectivity index (χ1v) is 13.8. The number of rotatable bonds is 6. The summed E-state index contributed by atoms with van der Waals surface area (Å²) in [5, 5.41) is 2.83. The summed E-state index contributed by atoms with van der Waals surface area (Å²) in [5.74, 6) is -0.475. The molecule has 0 aliphatic carbocycles. The first-order valence-electron chi connectivity index (χ1n) is 12.4. The lowest BCUT2D eigenvalue weighted by Gasteiger charge is -2.19. The third kappa shape index (κ3) is 4.26. The maximum atomic E-state index is 14.3. The summed E-state index contributed by atoms with van der Waals surface area (Å²) in [6.45, 7) is 3.81. The Bertz CT molecular complexity index is 1930. The van der Waals surface area contributed by atoms with E-state index in [0.29, 0.717) is 16.7 Å². The van der Waals surface area contributed by atoms with Gasteiger partial charge in [0.2, 0.25) is 9.84 Å². The van der Waals surface area contributed by atoms with Crippen molar-refractivity contribution in [2.24, 2.45) is 0 Å². The van der Waals surface area contributed by atoms with Crippen molar-refractivity contribution in [2.75, 3.05) is 5.32 Å². The highest BCUT2D eigenvalue weighted by Gasteiger charge is 2.34.